The molecule has 3 rings (SSSR count). The first kappa shape index (κ1) is 15.7. The number of hydrogen-bond donors (Lipinski definition) is 1. The predicted molar refractivity (Wildman–Crippen MR) is 90.5 cm³/mol. The van der Waals surface area contributed by atoms with Crippen molar-refractivity contribution in [2.75, 3.05) is 25.6 Å². The Kier molecular flexibility index (Phi) is 4.71. The number of nitrogens with one attached hydrogen (secondary N) is 1. The average molecular weight is 378 g/mol. The molecule has 1 N–H and O–H groups in total. The number of halogens is 1. The van der Waals surface area contributed by atoms with Crippen LogP contribution in [0.4, 0.5) is 5.69 Å². The molecule has 0 aliphatic carbocycles. The molecule has 0 aromatic heterocycles. The molecule has 1 heterocycles. The van der Waals surface area contributed by atoms with Crippen LogP contribution in [0.2, 0.25) is 0 Å². The second-order valence-corrected chi connectivity index (χ2v) is 5.90. The molecule has 0 spiro atoms. The first-order chi connectivity index (χ1) is 11.2. The standard InChI is InChI=1S/C17H16BrNO4/c1-21-12-4-2-11(3-5-12)8-17(20)19-14-10-16-15(9-13(14)18)22-6-7-23-16/h2-5,9-10H,6-8H2,1H3,(H,19,20). The van der Waals surface area contributed by atoms with Crippen molar-refractivity contribution in [2.24, 2.45) is 0 Å². The molecule has 0 saturated heterocycles. The van der Waals surface area contributed by atoms with E-state index in [2.05, 4.69) is 21.2 Å². The number of benzene rings is 2. The Bertz CT molecular complexity index is 715. The summed E-state index contributed by atoms with van der Waals surface area (Å²) < 4.78 is 16.9. The van der Waals surface area contributed by atoms with E-state index >= 15 is 0 Å². The summed E-state index contributed by atoms with van der Waals surface area (Å²) >= 11 is 3.44. The second-order valence-electron chi connectivity index (χ2n) is 5.05. The smallest absolute Gasteiger partial charge is 0.228 e. The number of ether oxygens (including phenoxy) is 3. The van der Waals surface area contributed by atoms with Crippen LogP contribution in [0.1, 0.15) is 5.56 Å². The highest BCUT2D eigenvalue weighted by molar-refractivity contribution is 9.10. The van der Waals surface area contributed by atoms with E-state index in [4.69, 9.17) is 14.2 Å². The van der Waals surface area contributed by atoms with Crippen molar-refractivity contribution in [1.29, 1.82) is 0 Å². The highest BCUT2D eigenvalue weighted by atomic mass is 79.9. The van der Waals surface area contributed by atoms with Crippen LogP contribution < -0.4 is 19.5 Å². The molecule has 5 nitrogen and oxygen atoms in total. The molecule has 120 valence electrons. The van der Waals surface area contributed by atoms with Crippen molar-refractivity contribution >= 4 is 27.5 Å². The number of carbonyl (C=O) groups is 1. The normalized spacial score (nSPS) is 12.6. The number of rotatable bonds is 4. The van der Waals surface area contributed by atoms with Crippen molar-refractivity contribution in [2.45, 2.75) is 6.42 Å². The molecule has 0 radical (unpaired) electrons. The van der Waals surface area contributed by atoms with E-state index < -0.39 is 0 Å². The van der Waals surface area contributed by atoms with Crippen LogP contribution in [0.25, 0.3) is 0 Å². The van der Waals surface area contributed by atoms with Crippen molar-refractivity contribution in [3.63, 3.8) is 0 Å². The van der Waals surface area contributed by atoms with Crippen LogP contribution in [0.15, 0.2) is 40.9 Å². The molecule has 2 aromatic carbocycles. The van der Waals surface area contributed by atoms with E-state index in [-0.39, 0.29) is 12.3 Å². The Balaban J connectivity index is 1.69. The fraction of sp³-hybridized carbons (Fsp3) is 0.235. The third kappa shape index (κ3) is 3.76. The first-order valence-electron chi connectivity index (χ1n) is 7.17. The Labute approximate surface area is 142 Å². The molecule has 6 heteroatoms. The van der Waals surface area contributed by atoms with Gasteiger partial charge in [-0.1, -0.05) is 12.1 Å². The lowest BCUT2D eigenvalue weighted by molar-refractivity contribution is -0.115. The highest BCUT2D eigenvalue weighted by Gasteiger charge is 2.16. The SMILES string of the molecule is COc1ccc(CC(=O)Nc2cc3c(cc2Br)OCCO3)cc1. The van der Waals surface area contributed by atoms with Crippen molar-refractivity contribution in [3.8, 4) is 17.2 Å². The molecular weight excluding hydrogens is 362 g/mol. The van der Waals surface area contributed by atoms with Crippen LogP contribution in [0, 0.1) is 0 Å². The van der Waals surface area contributed by atoms with E-state index in [0.717, 1.165) is 15.8 Å². The van der Waals surface area contributed by atoms with Crippen LogP contribution in [-0.4, -0.2) is 26.2 Å². The van der Waals surface area contributed by atoms with Crippen LogP contribution in [0.3, 0.4) is 0 Å². The van der Waals surface area contributed by atoms with Gasteiger partial charge in [0.1, 0.15) is 19.0 Å². The van der Waals surface area contributed by atoms with Crippen molar-refractivity contribution in [3.05, 3.63) is 46.4 Å². The zero-order chi connectivity index (χ0) is 16.2. The lowest BCUT2D eigenvalue weighted by Gasteiger charge is -2.20. The molecule has 1 aliphatic heterocycles. The van der Waals surface area contributed by atoms with Gasteiger partial charge in [-0.3, -0.25) is 4.79 Å². The van der Waals surface area contributed by atoms with Gasteiger partial charge in [-0.05, 0) is 33.6 Å². The molecule has 0 bridgehead atoms. The van der Waals surface area contributed by atoms with Gasteiger partial charge >= 0.3 is 0 Å². The Morgan fingerprint density at radius 3 is 2.48 bits per heavy atom. The number of fused-ring (bicyclic) bond motifs is 1. The minimum Gasteiger partial charge on any atom is -0.497 e. The number of amides is 1. The fourth-order valence-corrected chi connectivity index (χ4v) is 2.70. The molecule has 2 aromatic rings. The monoisotopic (exact) mass is 377 g/mol. The van der Waals surface area contributed by atoms with E-state index in [0.29, 0.717) is 30.4 Å². The van der Waals surface area contributed by atoms with Gasteiger partial charge in [0, 0.05) is 16.6 Å². The summed E-state index contributed by atoms with van der Waals surface area (Å²) in [5, 5.41) is 2.88. The van der Waals surface area contributed by atoms with Gasteiger partial charge in [-0.15, -0.1) is 0 Å². The van der Waals surface area contributed by atoms with Gasteiger partial charge in [-0.25, -0.2) is 0 Å². The fourth-order valence-electron chi connectivity index (χ4n) is 2.28. The number of carbonyl (C=O) groups excluding carboxylic acids is 1. The van der Waals surface area contributed by atoms with Crippen LogP contribution in [0.5, 0.6) is 17.2 Å². The summed E-state index contributed by atoms with van der Waals surface area (Å²) in [4.78, 5) is 12.2. The molecular formula is C17H16BrNO4. The van der Waals surface area contributed by atoms with E-state index in [1.807, 2.05) is 24.3 Å². The van der Waals surface area contributed by atoms with Gasteiger partial charge in [0.25, 0.3) is 0 Å². The maximum atomic E-state index is 12.2. The van der Waals surface area contributed by atoms with Crippen molar-refractivity contribution < 1.29 is 19.0 Å². The molecule has 0 unspecified atom stereocenters. The van der Waals surface area contributed by atoms with Gasteiger partial charge in [-0.2, -0.15) is 0 Å². The highest BCUT2D eigenvalue weighted by Crippen LogP contribution is 2.38. The van der Waals surface area contributed by atoms with E-state index in [1.54, 1.807) is 19.2 Å². The third-order valence-electron chi connectivity index (χ3n) is 3.43. The first-order valence-corrected chi connectivity index (χ1v) is 7.97. The lowest BCUT2D eigenvalue weighted by atomic mass is 10.1. The molecule has 1 amide bonds. The summed E-state index contributed by atoms with van der Waals surface area (Å²) in [5.41, 5.74) is 1.57. The lowest BCUT2D eigenvalue weighted by Crippen LogP contribution is -2.17. The zero-order valence-corrected chi connectivity index (χ0v) is 14.2. The van der Waals surface area contributed by atoms with E-state index in [1.165, 1.54) is 0 Å². The molecule has 1 aliphatic rings. The minimum atomic E-state index is -0.104. The zero-order valence-electron chi connectivity index (χ0n) is 12.6. The second kappa shape index (κ2) is 6.91. The molecule has 23 heavy (non-hydrogen) atoms. The quantitative estimate of drug-likeness (QED) is 0.886. The van der Waals surface area contributed by atoms with Gasteiger partial charge in [0.05, 0.1) is 19.2 Å². The molecule has 0 atom stereocenters. The van der Waals surface area contributed by atoms with E-state index in [9.17, 15) is 4.79 Å². The summed E-state index contributed by atoms with van der Waals surface area (Å²) in [7, 11) is 1.61. The number of anilines is 1. The largest absolute Gasteiger partial charge is 0.497 e. The van der Waals surface area contributed by atoms with Crippen molar-refractivity contribution in [1.82, 2.24) is 0 Å². The van der Waals surface area contributed by atoms with Gasteiger partial charge in [0.2, 0.25) is 5.91 Å². The minimum absolute atomic E-state index is 0.104. The van der Waals surface area contributed by atoms with Crippen LogP contribution >= 0.6 is 15.9 Å². The Morgan fingerprint density at radius 2 is 1.83 bits per heavy atom. The maximum absolute atomic E-state index is 12.2. The van der Waals surface area contributed by atoms with Gasteiger partial charge in [0.15, 0.2) is 11.5 Å². The topological polar surface area (TPSA) is 56.8 Å². The van der Waals surface area contributed by atoms with Gasteiger partial charge < -0.3 is 19.5 Å². The Hall–Kier alpha value is -2.21. The third-order valence-corrected chi connectivity index (χ3v) is 4.09. The van der Waals surface area contributed by atoms with Crippen LogP contribution in [-0.2, 0) is 11.2 Å². The summed E-state index contributed by atoms with van der Waals surface area (Å²) in [6.07, 6.45) is 0.283. The summed E-state index contributed by atoms with van der Waals surface area (Å²) in [6.45, 7) is 1.04. The number of methoxy groups -OCH3 is 1. The summed E-state index contributed by atoms with van der Waals surface area (Å²) in [6, 6.07) is 11.0. The summed E-state index contributed by atoms with van der Waals surface area (Å²) in [5.74, 6) is 1.98. The number of hydrogen-bond acceptors (Lipinski definition) is 4. The Morgan fingerprint density at radius 1 is 1.17 bits per heavy atom. The average Bonchev–Trinajstić information content (AvgIpc) is 2.56. The maximum Gasteiger partial charge on any atom is 0.228 e. The molecule has 0 fully saturated rings. The molecule has 0 saturated carbocycles. The predicted octanol–water partition coefficient (Wildman–Crippen LogP) is 3.41.